The van der Waals surface area contributed by atoms with Crippen molar-refractivity contribution in [3.8, 4) is 17.2 Å². The lowest BCUT2D eigenvalue weighted by Gasteiger charge is -2.09. The predicted octanol–water partition coefficient (Wildman–Crippen LogP) is 3.11. The minimum atomic E-state index is 0.236. The monoisotopic (exact) mass is 295 g/mol. The number of nitrogens with one attached hydrogen (secondary N) is 1. The van der Waals surface area contributed by atoms with Gasteiger partial charge in [0.1, 0.15) is 17.9 Å². The normalized spacial score (nSPS) is 12.4. The van der Waals surface area contributed by atoms with E-state index in [4.69, 9.17) is 14.2 Å². The Morgan fingerprint density at radius 3 is 2.59 bits per heavy atom. The van der Waals surface area contributed by atoms with Crippen molar-refractivity contribution in [1.29, 1.82) is 0 Å². The molecule has 0 saturated heterocycles. The first-order valence-electron chi connectivity index (χ1n) is 6.79. The van der Waals surface area contributed by atoms with Crippen molar-refractivity contribution >= 4 is 22.4 Å². The molecular formula is C16H13N3O3. The number of methoxy groups -OCH3 is 1. The van der Waals surface area contributed by atoms with Crippen LogP contribution in [0.25, 0.3) is 10.9 Å². The van der Waals surface area contributed by atoms with E-state index in [2.05, 4.69) is 15.3 Å². The molecule has 110 valence electrons. The van der Waals surface area contributed by atoms with Crippen LogP contribution in [0.1, 0.15) is 0 Å². The van der Waals surface area contributed by atoms with E-state index >= 15 is 0 Å². The maximum atomic E-state index is 5.42. The number of anilines is 2. The van der Waals surface area contributed by atoms with Crippen LogP contribution in [0.3, 0.4) is 0 Å². The molecule has 0 bridgehead atoms. The number of hydrogen-bond acceptors (Lipinski definition) is 6. The van der Waals surface area contributed by atoms with Gasteiger partial charge < -0.3 is 19.5 Å². The van der Waals surface area contributed by atoms with E-state index in [9.17, 15) is 0 Å². The van der Waals surface area contributed by atoms with Gasteiger partial charge in [-0.05, 0) is 30.3 Å². The van der Waals surface area contributed by atoms with E-state index in [0.29, 0.717) is 17.3 Å². The maximum absolute atomic E-state index is 5.42. The smallest absolute Gasteiger partial charge is 0.231 e. The zero-order valence-electron chi connectivity index (χ0n) is 11.9. The Hall–Kier alpha value is -3.02. The molecule has 0 fully saturated rings. The molecule has 0 aliphatic carbocycles. The molecule has 6 nitrogen and oxygen atoms in total. The van der Waals surface area contributed by atoms with Crippen LogP contribution in [-0.2, 0) is 0 Å². The number of rotatable bonds is 3. The van der Waals surface area contributed by atoms with Crippen molar-refractivity contribution in [3.63, 3.8) is 0 Å². The molecule has 0 radical (unpaired) electrons. The molecule has 0 saturated carbocycles. The van der Waals surface area contributed by atoms with E-state index in [1.54, 1.807) is 7.11 Å². The summed E-state index contributed by atoms with van der Waals surface area (Å²) in [6.07, 6.45) is 1.52. The van der Waals surface area contributed by atoms with Crippen LogP contribution >= 0.6 is 0 Å². The van der Waals surface area contributed by atoms with Gasteiger partial charge in [0.2, 0.25) is 6.79 Å². The van der Waals surface area contributed by atoms with Gasteiger partial charge >= 0.3 is 0 Å². The van der Waals surface area contributed by atoms with Gasteiger partial charge in [-0.15, -0.1) is 0 Å². The molecule has 1 N–H and O–H groups in total. The summed E-state index contributed by atoms with van der Waals surface area (Å²) in [4.78, 5) is 8.60. The highest BCUT2D eigenvalue weighted by Crippen LogP contribution is 2.37. The van der Waals surface area contributed by atoms with Crippen molar-refractivity contribution in [2.75, 3.05) is 19.2 Å². The second-order valence-electron chi connectivity index (χ2n) is 4.80. The summed E-state index contributed by atoms with van der Waals surface area (Å²) in [5, 5.41) is 4.16. The number of aromatic nitrogens is 2. The zero-order valence-corrected chi connectivity index (χ0v) is 11.9. The zero-order chi connectivity index (χ0) is 14.9. The second kappa shape index (κ2) is 5.07. The first-order valence-corrected chi connectivity index (χ1v) is 6.79. The molecule has 1 aliphatic rings. The Bertz CT molecular complexity index is 834. The third-order valence-electron chi connectivity index (χ3n) is 3.48. The topological polar surface area (TPSA) is 65.5 Å². The summed E-state index contributed by atoms with van der Waals surface area (Å²) >= 11 is 0. The van der Waals surface area contributed by atoms with Gasteiger partial charge in [0.25, 0.3) is 0 Å². The summed E-state index contributed by atoms with van der Waals surface area (Å²) < 4.78 is 15.9. The molecular weight excluding hydrogens is 282 g/mol. The summed E-state index contributed by atoms with van der Waals surface area (Å²) in [6, 6.07) is 11.4. The fourth-order valence-electron chi connectivity index (χ4n) is 2.36. The summed E-state index contributed by atoms with van der Waals surface area (Å²) in [5.41, 5.74) is 1.72. The van der Waals surface area contributed by atoms with Crippen LogP contribution in [0.5, 0.6) is 17.2 Å². The average Bonchev–Trinajstić information content (AvgIpc) is 3.01. The predicted molar refractivity (Wildman–Crippen MR) is 81.9 cm³/mol. The van der Waals surface area contributed by atoms with Gasteiger partial charge in [-0.2, -0.15) is 0 Å². The summed E-state index contributed by atoms with van der Waals surface area (Å²) in [7, 11) is 1.64. The van der Waals surface area contributed by atoms with Crippen molar-refractivity contribution in [3.05, 3.63) is 42.7 Å². The standard InChI is InChI=1S/C16H13N3O3/c1-20-11-4-2-10(3-5-11)19-16-12-6-14-15(22-9-21-14)7-13(12)17-8-18-16/h2-8H,9H2,1H3,(H,17,18,19). The first kappa shape index (κ1) is 12.7. The Morgan fingerprint density at radius 1 is 1.05 bits per heavy atom. The van der Waals surface area contributed by atoms with Gasteiger partial charge in [0, 0.05) is 17.1 Å². The van der Waals surface area contributed by atoms with Gasteiger partial charge in [0.15, 0.2) is 11.5 Å². The lowest BCUT2D eigenvalue weighted by Crippen LogP contribution is -1.96. The van der Waals surface area contributed by atoms with Gasteiger partial charge in [-0.3, -0.25) is 0 Å². The lowest BCUT2D eigenvalue weighted by molar-refractivity contribution is 0.174. The first-order chi connectivity index (χ1) is 10.8. The molecule has 6 heteroatoms. The highest BCUT2D eigenvalue weighted by molar-refractivity contribution is 5.93. The number of hydrogen-bond donors (Lipinski definition) is 1. The molecule has 2 heterocycles. The SMILES string of the molecule is COc1ccc(Nc2ncnc3cc4c(cc23)OCO4)cc1. The van der Waals surface area contributed by atoms with E-state index in [1.165, 1.54) is 6.33 Å². The van der Waals surface area contributed by atoms with Gasteiger partial charge in [0.05, 0.1) is 12.6 Å². The molecule has 22 heavy (non-hydrogen) atoms. The van der Waals surface area contributed by atoms with E-state index < -0.39 is 0 Å². The lowest BCUT2D eigenvalue weighted by atomic mass is 10.2. The Morgan fingerprint density at radius 2 is 1.82 bits per heavy atom. The minimum Gasteiger partial charge on any atom is -0.497 e. The fourth-order valence-corrected chi connectivity index (χ4v) is 2.36. The van der Waals surface area contributed by atoms with Crippen LogP contribution in [0.4, 0.5) is 11.5 Å². The van der Waals surface area contributed by atoms with Crippen molar-refractivity contribution in [2.45, 2.75) is 0 Å². The molecule has 0 atom stereocenters. The molecule has 0 unspecified atom stereocenters. The number of benzene rings is 2. The van der Waals surface area contributed by atoms with Crippen LogP contribution < -0.4 is 19.5 Å². The quantitative estimate of drug-likeness (QED) is 0.801. The summed E-state index contributed by atoms with van der Waals surface area (Å²) in [5.74, 6) is 2.94. The van der Waals surface area contributed by atoms with Crippen LogP contribution in [0.15, 0.2) is 42.7 Å². The average molecular weight is 295 g/mol. The fraction of sp³-hybridized carbons (Fsp3) is 0.125. The third-order valence-corrected chi connectivity index (χ3v) is 3.48. The minimum absolute atomic E-state index is 0.236. The Kier molecular flexibility index (Phi) is 2.93. The highest BCUT2D eigenvalue weighted by Gasteiger charge is 2.16. The molecule has 2 aromatic carbocycles. The highest BCUT2D eigenvalue weighted by atomic mass is 16.7. The van der Waals surface area contributed by atoms with Crippen LogP contribution in [0, 0.1) is 0 Å². The van der Waals surface area contributed by atoms with E-state index in [1.807, 2.05) is 36.4 Å². The Balaban J connectivity index is 1.74. The van der Waals surface area contributed by atoms with Crippen molar-refractivity contribution in [2.24, 2.45) is 0 Å². The Labute approximate surface area is 126 Å². The van der Waals surface area contributed by atoms with Crippen LogP contribution in [0.2, 0.25) is 0 Å². The molecule has 4 rings (SSSR count). The molecule has 1 aliphatic heterocycles. The number of nitrogens with zero attached hydrogens (tertiary/aromatic N) is 2. The molecule has 3 aromatic rings. The largest absolute Gasteiger partial charge is 0.497 e. The molecule has 1 aromatic heterocycles. The maximum Gasteiger partial charge on any atom is 0.231 e. The van der Waals surface area contributed by atoms with Gasteiger partial charge in [-0.25, -0.2) is 9.97 Å². The molecule has 0 spiro atoms. The van der Waals surface area contributed by atoms with Gasteiger partial charge in [-0.1, -0.05) is 0 Å². The summed E-state index contributed by atoms with van der Waals surface area (Å²) in [6.45, 7) is 0.236. The number of ether oxygens (including phenoxy) is 3. The van der Waals surface area contributed by atoms with Crippen molar-refractivity contribution < 1.29 is 14.2 Å². The van der Waals surface area contributed by atoms with Crippen LogP contribution in [-0.4, -0.2) is 23.9 Å². The number of fused-ring (bicyclic) bond motifs is 2. The van der Waals surface area contributed by atoms with Crippen molar-refractivity contribution in [1.82, 2.24) is 9.97 Å². The second-order valence-corrected chi connectivity index (χ2v) is 4.80. The molecule has 0 amide bonds. The van der Waals surface area contributed by atoms with E-state index in [0.717, 1.165) is 22.3 Å². The third kappa shape index (κ3) is 2.14. The van der Waals surface area contributed by atoms with E-state index in [-0.39, 0.29) is 6.79 Å².